The van der Waals surface area contributed by atoms with Crippen molar-refractivity contribution in [2.24, 2.45) is 0 Å². The molecule has 3 rings (SSSR count). The lowest BCUT2D eigenvalue weighted by Crippen LogP contribution is -2.32. The van der Waals surface area contributed by atoms with E-state index in [1.54, 1.807) is 0 Å². The topological polar surface area (TPSA) is 38.3 Å². The number of carbonyl (C=O) groups excluding carboxylic acids is 1. The minimum Gasteiger partial charge on any atom is -0.481 e. The van der Waals surface area contributed by atoms with Crippen LogP contribution in [0.5, 0.6) is 5.75 Å². The Morgan fingerprint density at radius 3 is 2.27 bits per heavy atom. The molecule has 0 spiro atoms. The van der Waals surface area contributed by atoms with Gasteiger partial charge in [0.25, 0.3) is 5.91 Å². The summed E-state index contributed by atoms with van der Waals surface area (Å²) in [6.07, 6.45) is 0.0502. The van der Waals surface area contributed by atoms with Crippen molar-refractivity contribution < 1.29 is 9.53 Å². The molecule has 3 heteroatoms. The molecule has 3 aromatic rings. The second-order valence-electron chi connectivity index (χ2n) is 6.23. The molecule has 0 saturated carbocycles. The summed E-state index contributed by atoms with van der Waals surface area (Å²) in [7, 11) is 0. The first-order valence-corrected chi connectivity index (χ1v) is 8.86. The molecule has 0 radical (unpaired) electrons. The van der Waals surface area contributed by atoms with Gasteiger partial charge in [0, 0.05) is 11.3 Å². The van der Waals surface area contributed by atoms with Gasteiger partial charge in [-0.05, 0) is 37.1 Å². The van der Waals surface area contributed by atoms with Gasteiger partial charge < -0.3 is 10.1 Å². The van der Waals surface area contributed by atoms with Crippen LogP contribution in [-0.4, -0.2) is 12.0 Å². The number of anilines is 1. The Bertz CT molecular complexity index is 857. The molecule has 132 valence electrons. The smallest absolute Gasteiger partial charge is 0.265 e. The quantitative estimate of drug-likeness (QED) is 0.644. The highest BCUT2D eigenvalue weighted by atomic mass is 16.5. The maximum Gasteiger partial charge on any atom is 0.265 e. The molecule has 3 nitrogen and oxygen atoms in total. The molecule has 0 aromatic heterocycles. The van der Waals surface area contributed by atoms with Gasteiger partial charge in [0.1, 0.15) is 5.75 Å². The van der Waals surface area contributed by atoms with Crippen molar-refractivity contribution >= 4 is 11.6 Å². The summed E-state index contributed by atoms with van der Waals surface area (Å²) < 4.78 is 5.89. The van der Waals surface area contributed by atoms with E-state index in [0.717, 1.165) is 22.4 Å². The lowest BCUT2D eigenvalue weighted by molar-refractivity contribution is -0.122. The molecule has 0 aliphatic heterocycles. The lowest BCUT2D eigenvalue weighted by Gasteiger charge is -2.19. The molecule has 0 saturated heterocycles. The number of ether oxygens (including phenoxy) is 1. The van der Waals surface area contributed by atoms with E-state index in [4.69, 9.17) is 4.74 Å². The van der Waals surface area contributed by atoms with Crippen molar-refractivity contribution in [3.63, 3.8) is 0 Å². The molecular formula is C23H23NO2. The van der Waals surface area contributed by atoms with E-state index in [0.29, 0.717) is 12.2 Å². The Balaban J connectivity index is 1.77. The molecule has 0 unspecified atom stereocenters. The lowest BCUT2D eigenvalue weighted by atomic mass is 10.0. The molecule has 0 aliphatic rings. The number of aryl methyl sites for hydroxylation is 1. The second kappa shape index (κ2) is 8.34. The zero-order chi connectivity index (χ0) is 18.4. The number of benzene rings is 3. The number of nitrogens with one attached hydrogen (secondary N) is 1. The molecule has 0 bridgehead atoms. The Kier molecular flexibility index (Phi) is 5.69. The van der Waals surface area contributed by atoms with Gasteiger partial charge >= 0.3 is 0 Å². The summed E-state index contributed by atoms with van der Waals surface area (Å²) in [5, 5.41) is 3.03. The summed E-state index contributed by atoms with van der Waals surface area (Å²) in [6.45, 7) is 3.97. The van der Waals surface area contributed by atoms with Crippen LogP contribution in [0.2, 0.25) is 0 Å². The number of carbonyl (C=O) groups is 1. The van der Waals surface area contributed by atoms with Crippen LogP contribution in [0.15, 0.2) is 78.9 Å². The van der Waals surface area contributed by atoms with Crippen LogP contribution in [0.3, 0.4) is 0 Å². The summed E-state index contributed by atoms with van der Waals surface area (Å²) in [6, 6.07) is 25.6. The SMILES string of the molecule is CC[C@H](Oc1ccc(C)cc1)C(=O)Nc1ccccc1-c1ccccc1. The maximum absolute atomic E-state index is 12.8. The van der Waals surface area contributed by atoms with Gasteiger partial charge in [-0.1, -0.05) is 73.2 Å². The molecule has 1 amide bonds. The fraction of sp³-hybridized carbons (Fsp3) is 0.174. The molecular weight excluding hydrogens is 322 g/mol. The average molecular weight is 345 g/mol. The van der Waals surface area contributed by atoms with Gasteiger partial charge in [0.2, 0.25) is 0 Å². The first-order chi connectivity index (χ1) is 12.7. The van der Waals surface area contributed by atoms with Crippen molar-refractivity contribution in [3.05, 3.63) is 84.4 Å². The van der Waals surface area contributed by atoms with E-state index in [2.05, 4.69) is 5.32 Å². The van der Waals surface area contributed by atoms with Crippen molar-refractivity contribution in [3.8, 4) is 16.9 Å². The van der Waals surface area contributed by atoms with E-state index >= 15 is 0 Å². The van der Waals surface area contributed by atoms with Crippen molar-refractivity contribution in [2.75, 3.05) is 5.32 Å². The summed E-state index contributed by atoms with van der Waals surface area (Å²) in [4.78, 5) is 12.8. The average Bonchev–Trinajstić information content (AvgIpc) is 2.68. The largest absolute Gasteiger partial charge is 0.481 e. The fourth-order valence-corrected chi connectivity index (χ4v) is 2.78. The van der Waals surface area contributed by atoms with Gasteiger partial charge in [-0.25, -0.2) is 0 Å². The minimum atomic E-state index is -0.540. The summed E-state index contributed by atoms with van der Waals surface area (Å²) in [5.74, 6) is 0.561. The summed E-state index contributed by atoms with van der Waals surface area (Å²) >= 11 is 0. The third-order valence-corrected chi connectivity index (χ3v) is 4.23. The molecule has 1 atom stereocenters. The predicted octanol–water partition coefficient (Wildman–Crippen LogP) is 5.46. The van der Waals surface area contributed by atoms with Crippen LogP contribution < -0.4 is 10.1 Å². The third kappa shape index (κ3) is 4.31. The normalized spacial score (nSPS) is 11.6. The minimum absolute atomic E-state index is 0.142. The zero-order valence-electron chi connectivity index (χ0n) is 15.1. The number of hydrogen-bond acceptors (Lipinski definition) is 2. The molecule has 0 fully saturated rings. The van der Waals surface area contributed by atoms with Gasteiger partial charge in [-0.2, -0.15) is 0 Å². The molecule has 0 heterocycles. The zero-order valence-corrected chi connectivity index (χ0v) is 15.1. The first kappa shape index (κ1) is 17.7. The molecule has 26 heavy (non-hydrogen) atoms. The summed E-state index contributed by atoms with van der Waals surface area (Å²) in [5.41, 5.74) is 4.00. The van der Waals surface area contributed by atoms with Crippen molar-refractivity contribution in [1.82, 2.24) is 0 Å². The van der Waals surface area contributed by atoms with E-state index in [1.807, 2.05) is 92.7 Å². The first-order valence-electron chi connectivity index (χ1n) is 8.86. The Morgan fingerprint density at radius 1 is 0.923 bits per heavy atom. The molecule has 1 N–H and O–H groups in total. The van der Waals surface area contributed by atoms with Crippen LogP contribution >= 0.6 is 0 Å². The second-order valence-corrected chi connectivity index (χ2v) is 6.23. The maximum atomic E-state index is 12.8. The van der Waals surface area contributed by atoms with Crippen LogP contribution in [0.4, 0.5) is 5.69 Å². The third-order valence-electron chi connectivity index (χ3n) is 4.23. The van der Waals surface area contributed by atoms with Gasteiger partial charge in [0.15, 0.2) is 6.10 Å². The monoisotopic (exact) mass is 345 g/mol. The highest BCUT2D eigenvalue weighted by molar-refractivity contribution is 5.98. The fourth-order valence-electron chi connectivity index (χ4n) is 2.78. The van der Waals surface area contributed by atoms with Crippen LogP contribution in [0, 0.1) is 6.92 Å². The van der Waals surface area contributed by atoms with Crippen molar-refractivity contribution in [1.29, 1.82) is 0 Å². The molecule has 0 aliphatic carbocycles. The van der Waals surface area contributed by atoms with E-state index in [1.165, 1.54) is 0 Å². The Morgan fingerprint density at radius 2 is 1.58 bits per heavy atom. The van der Waals surface area contributed by atoms with Crippen LogP contribution in [0.1, 0.15) is 18.9 Å². The van der Waals surface area contributed by atoms with Crippen molar-refractivity contribution in [2.45, 2.75) is 26.4 Å². The Hall–Kier alpha value is -3.07. The Labute approximate surface area is 154 Å². The van der Waals surface area contributed by atoms with E-state index in [-0.39, 0.29) is 5.91 Å². The number of amides is 1. The van der Waals surface area contributed by atoms with Crippen LogP contribution in [0.25, 0.3) is 11.1 Å². The predicted molar refractivity (Wildman–Crippen MR) is 106 cm³/mol. The number of rotatable bonds is 6. The molecule has 3 aromatic carbocycles. The van der Waals surface area contributed by atoms with Gasteiger partial charge in [-0.3, -0.25) is 4.79 Å². The number of para-hydroxylation sites is 1. The van der Waals surface area contributed by atoms with E-state index in [9.17, 15) is 4.79 Å². The van der Waals surface area contributed by atoms with Gasteiger partial charge in [0.05, 0.1) is 0 Å². The highest BCUT2D eigenvalue weighted by Gasteiger charge is 2.19. The highest BCUT2D eigenvalue weighted by Crippen LogP contribution is 2.28. The standard InChI is InChI=1S/C23H23NO2/c1-3-22(26-19-15-13-17(2)14-16-19)23(25)24-21-12-8-7-11-20(21)18-9-5-4-6-10-18/h4-16,22H,3H2,1-2H3,(H,24,25)/t22-/m0/s1. The van der Waals surface area contributed by atoms with Crippen LogP contribution in [-0.2, 0) is 4.79 Å². The van der Waals surface area contributed by atoms with Gasteiger partial charge in [-0.15, -0.1) is 0 Å². The van der Waals surface area contributed by atoms with E-state index < -0.39 is 6.10 Å². The number of hydrogen-bond donors (Lipinski definition) is 1.